The average Bonchev–Trinajstić information content (AvgIpc) is 2.75. The Kier molecular flexibility index (Phi) is 7.44. The Morgan fingerprint density at radius 3 is 2.48 bits per heavy atom. The van der Waals surface area contributed by atoms with Gasteiger partial charge in [0.25, 0.3) is 0 Å². The van der Waals surface area contributed by atoms with E-state index in [2.05, 4.69) is 42.0 Å². The number of benzene rings is 2. The minimum absolute atomic E-state index is 0.0426. The highest BCUT2D eigenvalue weighted by molar-refractivity contribution is 5.92. The summed E-state index contributed by atoms with van der Waals surface area (Å²) in [6, 6.07) is 13.5. The fraction of sp³-hybridized carbons (Fsp3) is 0.480. The molecule has 1 aliphatic rings. The molecule has 3 rings (SSSR count). The zero-order chi connectivity index (χ0) is 22.4. The number of phenolic OH excluding ortho intramolecular Hbond substituents is 1. The SMILES string of the molecule is COc1ccccc1N1CCN(CCCC(=O)Nc2cc(C(C)(C)C)ccc2O)CC1. The number of carbonyl (C=O) groups excluding carboxylic acids is 1. The van der Waals surface area contributed by atoms with Crippen LogP contribution in [0.4, 0.5) is 11.4 Å². The summed E-state index contributed by atoms with van der Waals surface area (Å²) >= 11 is 0. The predicted octanol–water partition coefficient (Wildman–Crippen LogP) is 4.24. The fourth-order valence-corrected chi connectivity index (χ4v) is 3.88. The van der Waals surface area contributed by atoms with Crippen molar-refractivity contribution in [3.05, 3.63) is 48.0 Å². The van der Waals surface area contributed by atoms with Gasteiger partial charge >= 0.3 is 0 Å². The lowest BCUT2D eigenvalue weighted by Crippen LogP contribution is -2.46. The smallest absolute Gasteiger partial charge is 0.224 e. The lowest BCUT2D eigenvalue weighted by molar-refractivity contribution is -0.116. The molecule has 6 nitrogen and oxygen atoms in total. The Labute approximate surface area is 185 Å². The van der Waals surface area contributed by atoms with Gasteiger partial charge in [-0.25, -0.2) is 0 Å². The molecule has 1 saturated heterocycles. The normalized spacial score (nSPS) is 15.0. The third kappa shape index (κ3) is 6.14. The molecule has 31 heavy (non-hydrogen) atoms. The highest BCUT2D eigenvalue weighted by Gasteiger charge is 2.20. The molecule has 0 aliphatic carbocycles. The van der Waals surface area contributed by atoms with Crippen molar-refractivity contribution < 1.29 is 14.6 Å². The molecule has 2 aromatic carbocycles. The lowest BCUT2D eigenvalue weighted by Gasteiger charge is -2.36. The quantitative estimate of drug-likeness (QED) is 0.650. The summed E-state index contributed by atoms with van der Waals surface area (Å²) < 4.78 is 5.48. The van der Waals surface area contributed by atoms with Crippen molar-refractivity contribution >= 4 is 17.3 Å². The predicted molar refractivity (Wildman–Crippen MR) is 126 cm³/mol. The Morgan fingerprint density at radius 1 is 1.10 bits per heavy atom. The van der Waals surface area contributed by atoms with Gasteiger partial charge in [0.2, 0.25) is 5.91 Å². The molecule has 1 amide bonds. The third-order valence-electron chi connectivity index (χ3n) is 5.81. The second kappa shape index (κ2) is 10.1. The van der Waals surface area contributed by atoms with Gasteiger partial charge in [-0.3, -0.25) is 9.69 Å². The molecule has 0 bridgehead atoms. The lowest BCUT2D eigenvalue weighted by atomic mass is 9.87. The molecule has 0 aromatic heterocycles. The van der Waals surface area contributed by atoms with Crippen molar-refractivity contribution in [3.8, 4) is 11.5 Å². The number of amides is 1. The Hall–Kier alpha value is -2.73. The maximum atomic E-state index is 12.4. The highest BCUT2D eigenvalue weighted by atomic mass is 16.5. The second-order valence-corrected chi connectivity index (χ2v) is 9.13. The molecule has 1 heterocycles. The molecule has 0 saturated carbocycles. The van der Waals surface area contributed by atoms with Crippen LogP contribution in [0.1, 0.15) is 39.2 Å². The minimum atomic E-state index is -0.0611. The maximum Gasteiger partial charge on any atom is 0.224 e. The van der Waals surface area contributed by atoms with E-state index >= 15 is 0 Å². The van der Waals surface area contributed by atoms with Gasteiger partial charge < -0.3 is 20.1 Å². The fourth-order valence-electron chi connectivity index (χ4n) is 3.88. The summed E-state index contributed by atoms with van der Waals surface area (Å²) in [5.74, 6) is 0.953. The second-order valence-electron chi connectivity index (χ2n) is 9.13. The summed E-state index contributed by atoms with van der Waals surface area (Å²) in [5, 5.41) is 13.0. The van der Waals surface area contributed by atoms with Crippen LogP contribution >= 0.6 is 0 Å². The standard InChI is InChI=1S/C25H35N3O3/c1-25(2,3)19-11-12-22(29)20(18-19)26-24(30)10-7-13-27-14-16-28(17-15-27)21-8-5-6-9-23(21)31-4/h5-6,8-9,11-12,18,29H,7,10,13-17H2,1-4H3,(H,26,30). The van der Waals surface area contributed by atoms with E-state index in [1.54, 1.807) is 13.2 Å². The van der Waals surface area contributed by atoms with Gasteiger partial charge in [-0.15, -0.1) is 0 Å². The summed E-state index contributed by atoms with van der Waals surface area (Å²) in [6.45, 7) is 11.0. The molecule has 1 fully saturated rings. The van der Waals surface area contributed by atoms with Crippen LogP contribution in [0.25, 0.3) is 0 Å². The maximum absolute atomic E-state index is 12.4. The molecule has 2 N–H and O–H groups in total. The molecule has 0 radical (unpaired) electrons. The summed E-state index contributed by atoms with van der Waals surface area (Å²) in [5.41, 5.74) is 2.66. The molecule has 168 valence electrons. The first-order chi connectivity index (χ1) is 14.8. The van der Waals surface area contributed by atoms with Crippen LogP contribution in [0.2, 0.25) is 0 Å². The van der Waals surface area contributed by atoms with Crippen molar-refractivity contribution in [1.82, 2.24) is 4.90 Å². The zero-order valence-electron chi connectivity index (χ0n) is 19.1. The van der Waals surface area contributed by atoms with Gasteiger partial charge in [-0.2, -0.15) is 0 Å². The number of carbonyl (C=O) groups is 1. The van der Waals surface area contributed by atoms with E-state index in [-0.39, 0.29) is 17.1 Å². The topological polar surface area (TPSA) is 65.0 Å². The van der Waals surface area contributed by atoms with Gasteiger partial charge in [-0.05, 0) is 48.2 Å². The highest BCUT2D eigenvalue weighted by Crippen LogP contribution is 2.31. The summed E-state index contributed by atoms with van der Waals surface area (Å²) in [7, 11) is 1.71. The molecule has 1 aliphatic heterocycles. The van der Waals surface area contributed by atoms with E-state index in [1.807, 2.05) is 30.3 Å². The Bertz CT molecular complexity index is 884. The number of rotatable bonds is 7. The van der Waals surface area contributed by atoms with Crippen LogP contribution in [-0.2, 0) is 10.2 Å². The monoisotopic (exact) mass is 425 g/mol. The van der Waals surface area contributed by atoms with Crippen molar-refractivity contribution in [2.75, 3.05) is 50.1 Å². The van der Waals surface area contributed by atoms with Crippen LogP contribution in [0.3, 0.4) is 0 Å². The number of phenols is 1. The molecule has 2 aromatic rings. The number of hydrogen-bond donors (Lipinski definition) is 2. The molecule has 0 unspecified atom stereocenters. The number of ether oxygens (including phenoxy) is 1. The first-order valence-corrected chi connectivity index (χ1v) is 11.0. The molecule has 6 heteroatoms. The van der Waals surface area contributed by atoms with E-state index in [0.29, 0.717) is 12.1 Å². The number of para-hydroxylation sites is 2. The number of methoxy groups -OCH3 is 1. The van der Waals surface area contributed by atoms with Gasteiger partial charge in [0.05, 0.1) is 18.5 Å². The minimum Gasteiger partial charge on any atom is -0.506 e. The van der Waals surface area contributed by atoms with E-state index < -0.39 is 0 Å². The number of nitrogens with one attached hydrogen (secondary N) is 1. The first kappa shape index (κ1) is 22.9. The zero-order valence-corrected chi connectivity index (χ0v) is 19.1. The van der Waals surface area contributed by atoms with Crippen molar-refractivity contribution in [2.45, 2.75) is 39.0 Å². The van der Waals surface area contributed by atoms with E-state index in [9.17, 15) is 9.90 Å². The van der Waals surface area contributed by atoms with Crippen LogP contribution in [-0.4, -0.2) is 55.7 Å². The van der Waals surface area contributed by atoms with E-state index in [1.165, 1.54) is 0 Å². The van der Waals surface area contributed by atoms with Gasteiger partial charge in [0, 0.05) is 32.6 Å². The van der Waals surface area contributed by atoms with Crippen molar-refractivity contribution in [1.29, 1.82) is 0 Å². The first-order valence-electron chi connectivity index (χ1n) is 11.0. The molecular weight excluding hydrogens is 390 g/mol. The van der Waals surface area contributed by atoms with Crippen molar-refractivity contribution in [3.63, 3.8) is 0 Å². The van der Waals surface area contributed by atoms with Crippen molar-refractivity contribution in [2.24, 2.45) is 0 Å². The largest absolute Gasteiger partial charge is 0.506 e. The number of anilines is 2. The number of nitrogens with zero attached hydrogens (tertiary/aromatic N) is 2. The van der Waals surface area contributed by atoms with Crippen LogP contribution in [0.5, 0.6) is 11.5 Å². The summed E-state index contributed by atoms with van der Waals surface area (Å²) in [4.78, 5) is 17.2. The van der Waals surface area contributed by atoms with Gasteiger partial charge in [0.15, 0.2) is 0 Å². The van der Waals surface area contributed by atoms with Gasteiger partial charge in [0.1, 0.15) is 11.5 Å². The summed E-state index contributed by atoms with van der Waals surface area (Å²) in [6.07, 6.45) is 1.23. The van der Waals surface area contributed by atoms with E-state index in [4.69, 9.17) is 4.74 Å². The van der Waals surface area contributed by atoms with E-state index in [0.717, 1.165) is 56.1 Å². The van der Waals surface area contributed by atoms with Crippen LogP contribution in [0, 0.1) is 0 Å². The average molecular weight is 426 g/mol. The number of aromatic hydroxyl groups is 1. The van der Waals surface area contributed by atoms with Crippen LogP contribution < -0.4 is 15.0 Å². The molecular formula is C25H35N3O3. The van der Waals surface area contributed by atoms with Crippen LogP contribution in [0.15, 0.2) is 42.5 Å². The number of hydrogen-bond acceptors (Lipinski definition) is 5. The third-order valence-corrected chi connectivity index (χ3v) is 5.81. The Morgan fingerprint density at radius 2 is 1.81 bits per heavy atom. The molecule has 0 spiro atoms. The number of piperazine rings is 1. The Balaban J connectivity index is 1.44. The van der Waals surface area contributed by atoms with Gasteiger partial charge in [-0.1, -0.05) is 39.0 Å². The molecule has 0 atom stereocenters.